The molecule has 0 aliphatic carbocycles. The Labute approximate surface area is 190 Å². The van der Waals surface area contributed by atoms with E-state index in [-0.39, 0.29) is 12.5 Å². The topological polar surface area (TPSA) is 51.2 Å². The van der Waals surface area contributed by atoms with Crippen molar-refractivity contribution in [3.8, 4) is 27.6 Å². The van der Waals surface area contributed by atoms with Crippen molar-refractivity contribution in [1.29, 1.82) is 0 Å². The smallest absolute Gasteiger partial charge is 0.262 e. The van der Waals surface area contributed by atoms with Gasteiger partial charge in [-0.05, 0) is 55.3 Å². The molecular weight excluding hydrogens is 428 g/mol. The predicted molar refractivity (Wildman–Crippen MR) is 128 cm³/mol. The van der Waals surface area contributed by atoms with Crippen LogP contribution in [0, 0.1) is 13.8 Å². The minimum Gasteiger partial charge on any atom is -0.484 e. The summed E-state index contributed by atoms with van der Waals surface area (Å²) < 4.78 is 5.62. The van der Waals surface area contributed by atoms with E-state index in [0.29, 0.717) is 16.5 Å². The van der Waals surface area contributed by atoms with Crippen molar-refractivity contribution in [3.63, 3.8) is 0 Å². The quantitative estimate of drug-likeness (QED) is 0.354. The van der Waals surface area contributed by atoms with Gasteiger partial charge < -0.3 is 10.1 Å². The Morgan fingerprint density at radius 3 is 2.68 bits per heavy atom. The number of hydrogen-bond donors (Lipinski definition) is 1. The van der Waals surface area contributed by atoms with E-state index >= 15 is 0 Å². The first kappa shape index (κ1) is 21.1. The van der Waals surface area contributed by atoms with E-state index in [1.165, 1.54) is 16.9 Å². The first-order valence-electron chi connectivity index (χ1n) is 9.80. The second kappa shape index (κ2) is 9.33. The molecule has 0 radical (unpaired) electrons. The van der Waals surface area contributed by atoms with Gasteiger partial charge in [0.15, 0.2) is 6.61 Å². The largest absolute Gasteiger partial charge is 0.484 e. The van der Waals surface area contributed by atoms with Gasteiger partial charge in [-0.25, -0.2) is 4.98 Å². The third-order valence-electron chi connectivity index (χ3n) is 4.90. The number of anilines is 1. The third kappa shape index (κ3) is 5.13. The van der Waals surface area contributed by atoms with E-state index in [9.17, 15) is 4.79 Å². The molecule has 1 aromatic heterocycles. The molecule has 6 heteroatoms. The molecule has 0 aliphatic rings. The minimum absolute atomic E-state index is 0.0555. The van der Waals surface area contributed by atoms with Crippen LogP contribution in [-0.2, 0) is 4.79 Å². The lowest BCUT2D eigenvalue weighted by Gasteiger charge is -2.09. The summed E-state index contributed by atoms with van der Waals surface area (Å²) in [6.45, 7) is 4.00. The zero-order valence-corrected chi connectivity index (χ0v) is 18.8. The van der Waals surface area contributed by atoms with E-state index in [1.807, 2.05) is 86.0 Å². The number of rotatable bonds is 6. The van der Waals surface area contributed by atoms with Crippen LogP contribution in [0.2, 0.25) is 5.02 Å². The molecule has 0 aliphatic heterocycles. The number of aryl methyl sites for hydroxylation is 2. The summed E-state index contributed by atoms with van der Waals surface area (Å²) in [6.07, 6.45) is 0. The van der Waals surface area contributed by atoms with Gasteiger partial charge >= 0.3 is 0 Å². The Morgan fingerprint density at radius 2 is 1.87 bits per heavy atom. The van der Waals surface area contributed by atoms with Gasteiger partial charge in [0.25, 0.3) is 5.91 Å². The summed E-state index contributed by atoms with van der Waals surface area (Å²) in [5, 5.41) is 6.41. The fraction of sp³-hybridized carbons (Fsp3) is 0.120. The van der Waals surface area contributed by atoms with Crippen molar-refractivity contribution >= 4 is 34.5 Å². The number of carbonyl (C=O) groups is 1. The van der Waals surface area contributed by atoms with Crippen molar-refractivity contribution in [3.05, 3.63) is 88.3 Å². The Balaban J connectivity index is 1.43. The van der Waals surface area contributed by atoms with Gasteiger partial charge in [0.2, 0.25) is 0 Å². The van der Waals surface area contributed by atoms with Crippen LogP contribution in [0.5, 0.6) is 5.75 Å². The van der Waals surface area contributed by atoms with Crippen LogP contribution < -0.4 is 10.1 Å². The van der Waals surface area contributed by atoms with Crippen molar-refractivity contribution in [2.45, 2.75) is 13.8 Å². The fourth-order valence-electron chi connectivity index (χ4n) is 3.07. The van der Waals surface area contributed by atoms with Crippen molar-refractivity contribution in [1.82, 2.24) is 4.98 Å². The number of carbonyl (C=O) groups excluding carboxylic acids is 1. The maximum atomic E-state index is 12.3. The zero-order chi connectivity index (χ0) is 21.8. The molecule has 0 spiro atoms. The van der Waals surface area contributed by atoms with Crippen molar-refractivity contribution < 1.29 is 9.53 Å². The summed E-state index contributed by atoms with van der Waals surface area (Å²) in [6, 6.07) is 21.0. The maximum absolute atomic E-state index is 12.3. The van der Waals surface area contributed by atoms with Gasteiger partial charge in [-0.3, -0.25) is 4.79 Å². The lowest BCUT2D eigenvalue weighted by atomic mass is 10.1. The number of halogens is 1. The minimum atomic E-state index is -0.217. The molecule has 0 unspecified atom stereocenters. The summed E-state index contributed by atoms with van der Waals surface area (Å²) in [7, 11) is 0. The number of nitrogens with one attached hydrogen (secondary N) is 1. The van der Waals surface area contributed by atoms with Gasteiger partial charge in [0.05, 0.1) is 10.7 Å². The highest BCUT2D eigenvalue weighted by molar-refractivity contribution is 7.13. The second-order valence-corrected chi connectivity index (χ2v) is 8.45. The van der Waals surface area contributed by atoms with E-state index in [1.54, 1.807) is 0 Å². The van der Waals surface area contributed by atoms with E-state index in [0.717, 1.165) is 27.4 Å². The van der Waals surface area contributed by atoms with Gasteiger partial charge in [-0.15, -0.1) is 11.3 Å². The molecule has 4 rings (SSSR count). The highest BCUT2D eigenvalue weighted by Crippen LogP contribution is 2.33. The standard InChI is InChI=1S/C25H21ClN2O2S/c1-16-10-11-20(12-17(16)2)30-14-24(29)27-19-7-5-6-18(13-19)23-15-31-25(28-23)21-8-3-4-9-22(21)26/h3-13,15H,14H2,1-2H3,(H,27,29). The number of amides is 1. The number of ether oxygens (including phenoxy) is 1. The molecule has 156 valence electrons. The fourth-order valence-corrected chi connectivity index (χ4v) is 4.22. The number of aromatic nitrogens is 1. The van der Waals surface area contributed by atoms with E-state index in [2.05, 4.69) is 5.32 Å². The number of thiazole rings is 1. The SMILES string of the molecule is Cc1ccc(OCC(=O)Nc2cccc(-c3csc(-c4ccccc4Cl)n3)c2)cc1C. The van der Waals surface area contributed by atoms with Crippen LogP contribution in [0.4, 0.5) is 5.69 Å². The van der Waals surface area contributed by atoms with Crippen LogP contribution >= 0.6 is 22.9 Å². The first-order valence-corrected chi connectivity index (χ1v) is 11.1. The molecule has 0 atom stereocenters. The lowest BCUT2D eigenvalue weighted by Crippen LogP contribution is -2.20. The van der Waals surface area contributed by atoms with Gasteiger partial charge in [0.1, 0.15) is 10.8 Å². The van der Waals surface area contributed by atoms with Gasteiger partial charge in [-0.1, -0.05) is 48.0 Å². The zero-order valence-electron chi connectivity index (χ0n) is 17.2. The summed E-state index contributed by atoms with van der Waals surface area (Å²) >= 11 is 7.83. The van der Waals surface area contributed by atoms with Crippen molar-refractivity contribution in [2.24, 2.45) is 0 Å². The average molecular weight is 449 g/mol. The first-order chi connectivity index (χ1) is 15.0. The molecule has 0 saturated carbocycles. The Kier molecular flexibility index (Phi) is 6.35. The molecular formula is C25H21ClN2O2S. The molecule has 31 heavy (non-hydrogen) atoms. The van der Waals surface area contributed by atoms with Gasteiger partial charge in [0, 0.05) is 22.2 Å². The maximum Gasteiger partial charge on any atom is 0.262 e. The molecule has 0 fully saturated rings. The molecule has 1 N–H and O–H groups in total. The normalized spacial score (nSPS) is 10.7. The molecule has 1 heterocycles. The summed E-state index contributed by atoms with van der Waals surface area (Å²) in [5.74, 6) is 0.465. The van der Waals surface area contributed by atoms with E-state index < -0.39 is 0 Å². The monoisotopic (exact) mass is 448 g/mol. The van der Waals surface area contributed by atoms with Crippen LogP contribution in [0.25, 0.3) is 21.8 Å². The number of benzene rings is 3. The van der Waals surface area contributed by atoms with Gasteiger partial charge in [-0.2, -0.15) is 0 Å². The lowest BCUT2D eigenvalue weighted by molar-refractivity contribution is -0.118. The molecule has 0 saturated heterocycles. The molecule has 4 aromatic rings. The Morgan fingerprint density at radius 1 is 1.03 bits per heavy atom. The van der Waals surface area contributed by atoms with Crippen LogP contribution in [0.3, 0.4) is 0 Å². The second-order valence-electron chi connectivity index (χ2n) is 7.18. The highest BCUT2D eigenvalue weighted by atomic mass is 35.5. The highest BCUT2D eigenvalue weighted by Gasteiger charge is 2.11. The molecule has 0 bridgehead atoms. The van der Waals surface area contributed by atoms with E-state index in [4.69, 9.17) is 21.3 Å². The summed E-state index contributed by atoms with van der Waals surface area (Å²) in [4.78, 5) is 17.1. The predicted octanol–water partition coefficient (Wildman–Crippen LogP) is 6.76. The van der Waals surface area contributed by atoms with Crippen LogP contribution in [0.1, 0.15) is 11.1 Å². The molecule has 1 amide bonds. The number of nitrogens with zero attached hydrogens (tertiary/aromatic N) is 1. The average Bonchev–Trinajstić information content (AvgIpc) is 3.25. The Hall–Kier alpha value is -3.15. The molecule has 4 nitrogen and oxygen atoms in total. The molecule has 3 aromatic carbocycles. The number of hydrogen-bond acceptors (Lipinski definition) is 4. The Bertz CT molecular complexity index is 1240. The summed E-state index contributed by atoms with van der Waals surface area (Å²) in [5.41, 5.74) is 5.68. The van der Waals surface area contributed by atoms with Crippen LogP contribution in [0.15, 0.2) is 72.1 Å². The van der Waals surface area contributed by atoms with Crippen molar-refractivity contribution in [2.75, 3.05) is 11.9 Å². The van der Waals surface area contributed by atoms with Crippen LogP contribution in [-0.4, -0.2) is 17.5 Å². The third-order valence-corrected chi connectivity index (χ3v) is 6.10.